The first kappa shape index (κ1) is 22.9. The first-order valence-corrected chi connectivity index (χ1v) is 11.3. The van der Waals surface area contributed by atoms with Gasteiger partial charge in [0, 0.05) is 30.8 Å². The molecule has 1 amide bonds. The van der Waals surface area contributed by atoms with Gasteiger partial charge < -0.3 is 24.5 Å². The smallest absolute Gasteiger partial charge is 0.326 e. The molecule has 4 rings (SSSR count). The van der Waals surface area contributed by atoms with Crippen LogP contribution in [0.2, 0.25) is 0 Å². The number of ether oxygens (including phenoxy) is 3. The number of fused-ring (bicyclic) bond motifs is 1. The summed E-state index contributed by atoms with van der Waals surface area (Å²) in [6, 6.07) is 11.4. The third kappa shape index (κ3) is 4.90. The Balaban J connectivity index is 1.43. The van der Waals surface area contributed by atoms with Crippen molar-refractivity contribution >= 4 is 22.6 Å². The van der Waals surface area contributed by atoms with Crippen molar-refractivity contribution in [2.75, 3.05) is 32.8 Å². The summed E-state index contributed by atoms with van der Waals surface area (Å²) < 4.78 is 18.0. The van der Waals surface area contributed by atoms with Gasteiger partial charge in [-0.1, -0.05) is 12.1 Å². The van der Waals surface area contributed by atoms with E-state index in [4.69, 9.17) is 14.2 Å². The second-order valence-corrected chi connectivity index (χ2v) is 8.47. The van der Waals surface area contributed by atoms with Crippen LogP contribution in [0.15, 0.2) is 41.2 Å². The summed E-state index contributed by atoms with van der Waals surface area (Å²) in [5.41, 5.74) is 3.14. The molecule has 176 valence electrons. The number of carbonyl (C=O) groups excluding carboxylic acids is 1. The molecule has 2 N–H and O–H groups in total. The predicted octanol–water partition coefficient (Wildman–Crippen LogP) is 4.04. The Morgan fingerprint density at radius 2 is 1.88 bits per heavy atom. The highest BCUT2D eigenvalue weighted by molar-refractivity contribution is 5.92. The summed E-state index contributed by atoms with van der Waals surface area (Å²) in [4.78, 5) is 28.6. The van der Waals surface area contributed by atoms with Crippen LogP contribution in [0, 0.1) is 12.8 Å². The van der Waals surface area contributed by atoms with E-state index in [1.807, 2.05) is 47.9 Å². The molecule has 1 aromatic heterocycles. The van der Waals surface area contributed by atoms with Gasteiger partial charge in [-0.05, 0) is 56.4 Å². The summed E-state index contributed by atoms with van der Waals surface area (Å²) >= 11 is 0. The number of methoxy groups -OCH3 is 2. The highest BCUT2D eigenvalue weighted by Crippen LogP contribution is 2.35. The fourth-order valence-electron chi connectivity index (χ4n) is 4.58. The number of hydrogen-bond donors (Lipinski definition) is 2. The number of anilines is 1. The van der Waals surface area contributed by atoms with Gasteiger partial charge in [0.15, 0.2) is 0 Å². The van der Waals surface area contributed by atoms with Crippen LogP contribution in [0.1, 0.15) is 37.3 Å². The summed E-state index contributed by atoms with van der Waals surface area (Å²) in [7, 11) is 3.24. The average Bonchev–Trinajstić information content (AvgIpc) is 3.17. The molecule has 33 heavy (non-hydrogen) atoms. The monoisotopic (exact) mass is 453 g/mol. The van der Waals surface area contributed by atoms with Gasteiger partial charge in [-0.2, -0.15) is 0 Å². The molecule has 0 spiro atoms. The van der Waals surface area contributed by atoms with Gasteiger partial charge >= 0.3 is 5.69 Å². The molecular weight excluding hydrogens is 422 g/mol. The Labute approximate surface area is 192 Å². The number of aromatic amines is 1. The summed E-state index contributed by atoms with van der Waals surface area (Å²) in [6.45, 7) is 2.85. The number of aryl methyl sites for hydroxylation is 1. The lowest BCUT2D eigenvalue weighted by Crippen LogP contribution is -2.31. The molecule has 1 aliphatic rings. The van der Waals surface area contributed by atoms with Crippen LogP contribution in [0.25, 0.3) is 11.0 Å². The minimum Gasteiger partial charge on any atom is -0.496 e. The van der Waals surface area contributed by atoms with Crippen LogP contribution in [0.4, 0.5) is 5.69 Å². The van der Waals surface area contributed by atoms with E-state index in [2.05, 4.69) is 10.3 Å². The molecule has 3 aromatic rings. The van der Waals surface area contributed by atoms with Gasteiger partial charge in [-0.25, -0.2) is 4.79 Å². The quantitative estimate of drug-likeness (QED) is 0.502. The molecule has 8 heteroatoms. The number of carbonyl (C=O) groups is 1. The molecule has 1 aliphatic carbocycles. The van der Waals surface area contributed by atoms with Crippen LogP contribution in [-0.2, 0) is 9.53 Å². The van der Waals surface area contributed by atoms with E-state index in [9.17, 15) is 9.59 Å². The van der Waals surface area contributed by atoms with Gasteiger partial charge in [0.25, 0.3) is 0 Å². The molecule has 0 aliphatic heterocycles. The Morgan fingerprint density at radius 1 is 1.09 bits per heavy atom. The van der Waals surface area contributed by atoms with E-state index in [1.54, 1.807) is 14.2 Å². The standard InChI is InChI=1S/C25H31N3O5/c1-16-7-10-18(15-22(16)32-3)26-24(29)17-8-11-19(12-9-17)28-20-5-4-6-21(33-14-13-31-2)23(20)27-25(28)30/h4-7,10,15,17,19H,8-9,11-14H2,1-3H3,(H,26,29)(H,27,30). The van der Waals surface area contributed by atoms with Crippen molar-refractivity contribution in [2.24, 2.45) is 5.92 Å². The largest absolute Gasteiger partial charge is 0.496 e. The minimum atomic E-state index is -0.146. The van der Waals surface area contributed by atoms with Gasteiger partial charge in [-0.15, -0.1) is 0 Å². The van der Waals surface area contributed by atoms with Crippen molar-refractivity contribution < 1.29 is 19.0 Å². The summed E-state index contributed by atoms with van der Waals surface area (Å²) in [6.07, 6.45) is 2.97. The number of nitrogens with zero attached hydrogens (tertiary/aromatic N) is 1. The number of imidazole rings is 1. The Hall–Kier alpha value is -3.26. The molecule has 1 fully saturated rings. The maximum absolute atomic E-state index is 12.8. The number of amides is 1. The Morgan fingerprint density at radius 3 is 2.61 bits per heavy atom. The molecule has 0 saturated heterocycles. The number of para-hydroxylation sites is 1. The van der Waals surface area contributed by atoms with E-state index < -0.39 is 0 Å². The number of H-pyrrole nitrogens is 1. The molecule has 0 unspecified atom stereocenters. The molecule has 0 bridgehead atoms. The van der Waals surface area contributed by atoms with E-state index in [0.717, 1.165) is 48.2 Å². The highest BCUT2D eigenvalue weighted by atomic mass is 16.5. The van der Waals surface area contributed by atoms with E-state index >= 15 is 0 Å². The van der Waals surface area contributed by atoms with Crippen LogP contribution in [0.5, 0.6) is 11.5 Å². The van der Waals surface area contributed by atoms with Gasteiger partial charge in [0.2, 0.25) is 5.91 Å². The topological polar surface area (TPSA) is 94.6 Å². The van der Waals surface area contributed by atoms with Crippen molar-refractivity contribution in [3.63, 3.8) is 0 Å². The average molecular weight is 454 g/mol. The Kier molecular flexibility index (Phi) is 7.03. The lowest BCUT2D eigenvalue weighted by Gasteiger charge is -2.28. The zero-order valence-corrected chi connectivity index (χ0v) is 19.3. The second-order valence-electron chi connectivity index (χ2n) is 8.47. The second kappa shape index (κ2) is 10.1. The fraction of sp³-hybridized carbons (Fsp3) is 0.440. The number of aromatic nitrogens is 2. The molecule has 0 radical (unpaired) electrons. The summed E-state index contributed by atoms with van der Waals surface area (Å²) in [5, 5.41) is 3.02. The van der Waals surface area contributed by atoms with Crippen molar-refractivity contribution in [2.45, 2.75) is 38.6 Å². The third-order valence-electron chi connectivity index (χ3n) is 6.37. The van der Waals surface area contributed by atoms with Gasteiger partial charge in [-0.3, -0.25) is 9.36 Å². The SMILES string of the molecule is COCCOc1cccc2c1[nH]c(=O)n2C1CCC(C(=O)Nc2ccc(C)c(OC)c2)CC1. The molecule has 2 aromatic carbocycles. The van der Waals surface area contributed by atoms with Gasteiger partial charge in [0.05, 0.1) is 19.2 Å². The lowest BCUT2D eigenvalue weighted by atomic mass is 9.85. The van der Waals surface area contributed by atoms with Crippen LogP contribution >= 0.6 is 0 Å². The highest BCUT2D eigenvalue weighted by Gasteiger charge is 2.29. The van der Waals surface area contributed by atoms with Crippen molar-refractivity contribution in [3.05, 3.63) is 52.4 Å². The van der Waals surface area contributed by atoms with Crippen molar-refractivity contribution in [1.29, 1.82) is 0 Å². The first-order valence-electron chi connectivity index (χ1n) is 11.3. The zero-order valence-electron chi connectivity index (χ0n) is 19.3. The van der Waals surface area contributed by atoms with Gasteiger partial charge in [0.1, 0.15) is 23.6 Å². The van der Waals surface area contributed by atoms with Crippen molar-refractivity contribution in [1.82, 2.24) is 9.55 Å². The number of hydrogen-bond acceptors (Lipinski definition) is 5. The summed E-state index contributed by atoms with van der Waals surface area (Å²) in [5.74, 6) is 1.32. The number of nitrogens with one attached hydrogen (secondary N) is 2. The van der Waals surface area contributed by atoms with Crippen LogP contribution in [-0.4, -0.2) is 42.9 Å². The molecule has 1 heterocycles. The molecule has 1 saturated carbocycles. The molecule has 0 atom stereocenters. The predicted molar refractivity (Wildman–Crippen MR) is 127 cm³/mol. The number of rotatable bonds is 8. The van der Waals surface area contributed by atoms with E-state index in [0.29, 0.717) is 24.5 Å². The van der Waals surface area contributed by atoms with Crippen LogP contribution in [0.3, 0.4) is 0 Å². The Bertz CT molecular complexity index is 1170. The maximum Gasteiger partial charge on any atom is 0.326 e. The maximum atomic E-state index is 12.8. The normalized spacial score (nSPS) is 18.3. The van der Waals surface area contributed by atoms with Crippen LogP contribution < -0.4 is 20.5 Å². The van der Waals surface area contributed by atoms with Crippen molar-refractivity contribution in [3.8, 4) is 11.5 Å². The zero-order chi connectivity index (χ0) is 23.4. The molecule has 8 nitrogen and oxygen atoms in total. The molecular formula is C25H31N3O5. The minimum absolute atomic E-state index is 0.0134. The fourth-order valence-corrected chi connectivity index (χ4v) is 4.58. The third-order valence-corrected chi connectivity index (χ3v) is 6.37. The first-order chi connectivity index (χ1) is 16.0. The lowest BCUT2D eigenvalue weighted by molar-refractivity contribution is -0.121. The van der Waals surface area contributed by atoms with E-state index in [-0.39, 0.29) is 23.6 Å². The number of benzene rings is 2. The van der Waals surface area contributed by atoms with E-state index in [1.165, 1.54) is 0 Å².